The lowest BCUT2D eigenvalue weighted by molar-refractivity contribution is -0.142. The molecule has 0 unspecified atom stereocenters. The molecule has 3 heterocycles. The van der Waals surface area contributed by atoms with Gasteiger partial charge in [-0.1, -0.05) is 17.7 Å². The molecule has 10 nitrogen and oxygen atoms in total. The van der Waals surface area contributed by atoms with Gasteiger partial charge in [0.15, 0.2) is 0 Å². The number of aryl methyl sites for hydroxylation is 2. The highest BCUT2D eigenvalue weighted by atomic mass is 35.5. The van der Waals surface area contributed by atoms with Gasteiger partial charge in [0.25, 0.3) is 0 Å². The Labute approximate surface area is 227 Å². The molecule has 0 bridgehead atoms. The van der Waals surface area contributed by atoms with Gasteiger partial charge >= 0.3 is 12.1 Å². The molecular weight excluding hydrogens is 508 g/mol. The van der Waals surface area contributed by atoms with Crippen LogP contribution >= 0.6 is 11.6 Å². The lowest BCUT2D eigenvalue weighted by Gasteiger charge is -2.26. The van der Waals surface area contributed by atoms with E-state index in [9.17, 15) is 14.7 Å². The number of nitrogens with one attached hydrogen (secondary N) is 2. The smallest absolute Gasteiger partial charge is 0.411 e. The highest BCUT2D eigenvalue weighted by Crippen LogP contribution is 2.36. The highest BCUT2D eigenvalue weighted by Gasteiger charge is 2.41. The van der Waals surface area contributed by atoms with Gasteiger partial charge in [0.2, 0.25) is 0 Å². The first kappa shape index (κ1) is 27.7. The number of amides is 1. The predicted octanol–water partition coefficient (Wildman–Crippen LogP) is 4.54. The standard InChI is InChI=1S/C27H35ClN6O4/c1-16-30-20-11-10-18(28)23(24(20)33(16)13-7-12-29-5)19-8-6-9-22(32-19)31-17-14-21(25(35)36)34(15-17)26(37)38-27(2,3)4/h6,8-11,17,21,29H,7,12-15H2,1-5H3,(H,31,32)(H,35,36)/t17-,21-/m0/s1. The van der Waals surface area contributed by atoms with Crippen LogP contribution in [0.25, 0.3) is 22.3 Å². The number of benzene rings is 1. The Bertz CT molecular complexity index is 1340. The van der Waals surface area contributed by atoms with Gasteiger partial charge in [-0.25, -0.2) is 19.6 Å². The first-order valence-electron chi connectivity index (χ1n) is 12.7. The zero-order valence-corrected chi connectivity index (χ0v) is 23.2. The number of carbonyl (C=O) groups is 2. The minimum atomic E-state index is -1.07. The van der Waals surface area contributed by atoms with E-state index in [0.29, 0.717) is 16.5 Å². The number of carboxylic acid groups (broad SMARTS) is 1. The lowest BCUT2D eigenvalue weighted by atomic mass is 10.1. The molecule has 1 saturated heterocycles. The average Bonchev–Trinajstić information content (AvgIpc) is 3.40. The van der Waals surface area contributed by atoms with Crippen molar-refractivity contribution >= 4 is 40.5 Å². The number of hydrogen-bond acceptors (Lipinski definition) is 7. The summed E-state index contributed by atoms with van der Waals surface area (Å²) in [6.07, 6.45) is 0.523. The van der Waals surface area contributed by atoms with Crippen LogP contribution in [0.4, 0.5) is 10.6 Å². The molecule has 2 aromatic heterocycles. The van der Waals surface area contributed by atoms with Crippen molar-refractivity contribution in [3.8, 4) is 11.3 Å². The Morgan fingerprint density at radius 1 is 1.21 bits per heavy atom. The minimum absolute atomic E-state index is 0.186. The van der Waals surface area contributed by atoms with Gasteiger partial charge in [0.05, 0.1) is 21.7 Å². The summed E-state index contributed by atoms with van der Waals surface area (Å²) in [5, 5.41) is 16.8. The third-order valence-electron chi connectivity index (χ3n) is 6.43. The molecule has 204 valence electrons. The summed E-state index contributed by atoms with van der Waals surface area (Å²) >= 11 is 6.73. The van der Waals surface area contributed by atoms with Gasteiger partial charge in [0, 0.05) is 31.1 Å². The number of carbonyl (C=O) groups excluding carboxylic acids is 1. The van der Waals surface area contributed by atoms with Gasteiger partial charge in [-0.3, -0.25) is 4.90 Å². The molecule has 3 aromatic rings. The number of rotatable bonds is 8. The molecule has 0 saturated carbocycles. The van der Waals surface area contributed by atoms with E-state index in [1.807, 2.05) is 44.3 Å². The topological polar surface area (TPSA) is 122 Å². The minimum Gasteiger partial charge on any atom is -0.480 e. The number of imidazole rings is 1. The van der Waals surface area contributed by atoms with E-state index in [1.54, 1.807) is 20.8 Å². The highest BCUT2D eigenvalue weighted by molar-refractivity contribution is 6.34. The van der Waals surface area contributed by atoms with E-state index < -0.39 is 23.7 Å². The molecule has 1 fully saturated rings. The number of aliphatic carboxylic acids is 1. The van der Waals surface area contributed by atoms with Crippen molar-refractivity contribution in [1.29, 1.82) is 0 Å². The largest absolute Gasteiger partial charge is 0.480 e. The van der Waals surface area contributed by atoms with Crippen LogP contribution in [-0.2, 0) is 16.1 Å². The monoisotopic (exact) mass is 542 g/mol. The van der Waals surface area contributed by atoms with E-state index in [2.05, 4.69) is 15.2 Å². The Morgan fingerprint density at radius 3 is 2.66 bits per heavy atom. The van der Waals surface area contributed by atoms with E-state index in [-0.39, 0.29) is 19.0 Å². The number of hydrogen-bond donors (Lipinski definition) is 3. The van der Waals surface area contributed by atoms with E-state index in [1.165, 1.54) is 4.90 Å². The van der Waals surface area contributed by atoms with Crippen molar-refractivity contribution < 1.29 is 19.4 Å². The maximum absolute atomic E-state index is 12.7. The summed E-state index contributed by atoms with van der Waals surface area (Å²) in [5.41, 5.74) is 2.53. The predicted molar refractivity (Wildman–Crippen MR) is 148 cm³/mol. The molecule has 11 heteroatoms. The van der Waals surface area contributed by atoms with Crippen LogP contribution in [0.15, 0.2) is 30.3 Å². The Hall–Kier alpha value is -3.37. The number of carboxylic acids is 1. The summed E-state index contributed by atoms with van der Waals surface area (Å²) in [4.78, 5) is 35.4. The molecule has 38 heavy (non-hydrogen) atoms. The average molecular weight is 543 g/mol. The summed E-state index contributed by atoms with van der Waals surface area (Å²) in [6.45, 7) is 9.09. The maximum Gasteiger partial charge on any atom is 0.411 e. The number of halogens is 1. The zero-order valence-electron chi connectivity index (χ0n) is 22.4. The summed E-state index contributed by atoms with van der Waals surface area (Å²) in [5.74, 6) is 0.401. The van der Waals surface area contributed by atoms with E-state index >= 15 is 0 Å². The second-order valence-electron chi connectivity index (χ2n) is 10.5. The van der Waals surface area contributed by atoms with Gasteiger partial charge in [-0.05, 0) is 72.0 Å². The third-order valence-corrected chi connectivity index (χ3v) is 6.74. The molecule has 1 amide bonds. The molecule has 3 N–H and O–H groups in total. The van der Waals surface area contributed by atoms with Crippen LogP contribution in [0, 0.1) is 6.92 Å². The van der Waals surface area contributed by atoms with Gasteiger partial charge in [0.1, 0.15) is 23.3 Å². The zero-order chi connectivity index (χ0) is 27.6. The summed E-state index contributed by atoms with van der Waals surface area (Å²) in [7, 11) is 1.93. The fourth-order valence-corrected chi connectivity index (χ4v) is 5.06. The number of anilines is 1. The summed E-state index contributed by atoms with van der Waals surface area (Å²) < 4.78 is 7.60. The van der Waals surface area contributed by atoms with Crippen molar-refractivity contribution in [2.75, 3.05) is 25.5 Å². The molecular formula is C27H35ClN6O4. The molecule has 1 aliphatic heterocycles. The van der Waals surface area contributed by atoms with Gasteiger partial charge in [-0.15, -0.1) is 0 Å². The van der Waals surface area contributed by atoms with Crippen molar-refractivity contribution in [2.45, 2.75) is 64.8 Å². The fraction of sp³-hybridized carbons (Fsp3) is 0.481. The SMILES string of the molecule is CNCCCn1c(C)nc2ccc(Cl)c(-c3cccc(N[C@H]4C[C@@H](C(=O)O)N(C(=O)OC(C)(C)C)C4)n3)c21. The quantitative estimate of drug-likeness (QED) is 0.355. The second kappa shape index (κ2) is 11.2. The first-order chi connectivity index (χ1) is 18.0. The number of pyridine rings is 1. The van der Waals surface area contributed by atoms with Crippen LogP contribution in [-0.4, -0.2) is 74.4 Å². The van der Waals surface area contributed by atoms with Crippen LogP contribution in [0.1, 0.15) is 39.4 Å². The maximum atomic E-state index is 12.7. The van der Waals surface area contributed by atoms with Crippen molar-refractivity contribution in [1.82, 2.24) is 24.8 Å². The fourth-order valence-electron chi connectivity index (χ4n) is 4.81. The molecule has 1 aromatic carbocycles. The Kier molecular flexibility index (Phi) is 8.13. The number of aromatic nitrogens is 3. The third kappa shape index (κ3) is 6.02. The molecule has 0 aliphatic carbocycles. The van der Waals surface area contributed by atoms with E-state index in [4.69, 9.17) is 26.3 Å². The lowest BCUT2D eigenvalue weighted by Crippen LogP contribution is -2.43. The second-order valence-corrected chi connectivity index (χ2v) is 10.9. The first-order valence-corrected chi connectivity index (χ1v) is 13.1. The number of likely N-dealkylation sites (tertiary alicyclic amines) is 1. The van der Waals surface area contributed by atoms with Gasteiger partial charge in [-0.2, -0.15) is 0 Å². The van der Waals surface area contributed by atoms with Crippen molar-refractivity contribution in [3.63, 3.8) is 0 Å². The van der Waals surface area contributed by atoms with Crippen LogP contribution in [0.5, 0.6) is 0 Å². The molecule has 0 spiro atoms. The molecule has 0 radical (unpaired) electrons. The number of ether oxygens (including phenoxy) is 1. The number of fused-ring (bicyclic) bond motifs is 1. The Balaban J connectivity index is 1.62. The van der Waals surface area contributed by atoms with Gasteiger partial charge < -0.3 is 25.0 Å². The molecule has 4 rings (SSSR count). The molecule has 2 atom stereocenters. The summed E-state index contributed by atoms with van der Waals surface area (Å²) in [6, 6.07) is 8.05. The van der Waals surface area contributed by atoms with E-state index in [0.717, 1.165) is 41.9 Å². The van der Waals surface area contributed by atoms with Crippen LogP contribution in [0.2, 0.25) is 5.02 Å². The Morgan fingerprint density at radius 2 is 1.97 bits per heavy atom. The van der Waals surface area contributed by atoms with Crippen LogP contribution in [0.3, 0.4) is 0 Å². The molecule has 1 aliphatic rings. The van der Waals surface area contributed by atoms with Crippen molar-refractivity contribution in [2.24, 2.45) is 0 Å². The number of nitrogens with zero attached hydrogens (tertiary/aromatic N) is 4. The van der Waals surface area contributed by atoms with Crippen LogP contribution < -0.4 is 10.6 Å². The normalized spacial score (nSPS) is 17.7. The van der Waals surface area contributed by atoms with Crippen molar-refractivity contribution in [3.05, 3.63) is 41.2 Å².